The highest BCUT2D eigenvalue weighted by molar-refractivity contribution is 5.86. The van der Waals surface area contributed by atoms with Crippen molar-refractivity contribution in [3.63, 3.8) is 0 Å². The Balaban J connectivity index is -0.00000133. The normalized spacial score (nSPS) is 17.3. The van der Waals surface area contributed by atoms with E-state index in [0.717, 1.165) is 52.2 Å². The van der Waals surface area contributed by atoms with Gasteiger partial charge in [0, 0.05) is 32.7 Å². The Kier molecular flexibility index (Phi) is 16.5. The summed E-state index contributed by atoms with van der Waals surface area (Å²) < 4.78 is 0. The maximum Gasteiger partial charge on any atom is 0.237 e. The topological polar surface area (TPSA) is 61.6 Å². The van der Waals surface area contributed by atoms with Gasteiger partial charge in [-0.1, -0.05) is 27.7 Å². The van der Waals surface area contributed by atoms with Crippen molar-refractivity contribution in [3.8, 4) is 0 Å². The molecule has 1 rings (SSSR count). The fourth-order valence-corrected chi connectivity index (χ4v) is 2.35. The smallest absolute Gasteiger partial charge is 0.237 e. The molecule has 1 aliphatic rings. The molecule has 0 aromatic carbocycles. The first-order chi connectivity index (χ1) is 9.34. The van der Waals surface area contributed by atoms with Crippen LogP contribution in [0.1, 0.15) is 34.1 Å². The number of hydrogen-bond acceptors (Lipinski definition) is 4. The second-order valence-electron chi connectivity index (χ2n) is 6.76. The predicted molar refractivity (Wildman–Crippen MR) is 105 cm³/mol. The predicted octanol–water partition coefficient (Wildman–Crippen LogP) is 1.77. The molecule has 8 heteroatoms. The van der Waals surface area contributed by atoms with Crippen LogP contribution in [0.5, 0.6) is 0 Å². The number of nitrogens with zero attached hydrogens (tertiary/aromatic N) is 2. The van der Waals surface area contributed by atoms with E-state index >= 15 is 0 Å². The summed E-state index contributed by atoms with van der Waals surface area (Å²) in [7, 11) is 0. The lowest BCUT2D eigenvalue weighted by atomic mass is 9.87. The number of halogens is 3. The summed E-state index contributed by atoms with van der Waals surface area (Å²) >= 11 is 0. The third-order valence-electron chi connectivity index (χ3n) is 4.08. The van der Waals surface area contributed by atoms with Gasteiger partial charge in [0.25, 0.3) is 0 Å². The highest BCUT2D eigenvalue weighted by atomic mass is 35.5. The molecule has 0 unspecified atom stereocenters. The van der Waals surface area contributed by atoms with Crippen LogP contribution in [0.15, 0.2) is 0 Å². The number of rotatable bonds is 6. The number of carbonyl (C=O) groups excluding carboxylic acids is 1. The molecule has 3 N–H and O–H groups in total. The monoisotopic (exact) mass is 392 g/mol. The van der Waals surface area contributed by atoms with Gasteiger partial charge in [-0.15, -0.1) is 37.2 Å². The van der Waals surface area contributed by atoms with Gasteiger partial charge in [-0.2, -0.15) is 0 Å². The van der Waals surface area contributed by atoms with Gasteiger partial charge in [-0.3, -0.25) is 4.79 Å². The average Bonchev–Trinajstić information content (AvgIpc) is 2.42. The zero-order valence-electron chi connectivity index (χ0n) is 14.8. The van der Waals surface area contributed by atoms with E-state index in [1.807, 2.05) is 20.8 Å². The van der Waals surface area contributed by atoms with E-state index in [9.17, 15) is 4.79 Å². The van der Waals surface area contributed by atoms with Crippen molar-refractivity contribution in [3.05, 3.63) is 0 Å². The van der Waals surface area contributed by atoms with Crippen LogP contribution in [0.3, 0.4) is 0 Å². The van der Waals surface area contributed by atoms with Gasteiger partial charge < -0.3 is 20.9 Å². The molecule has 0 bridgehead atoms. The zero-order valence-corrected chi connectivity index (χ0v) is 17.3. The minimum absolute atomic E-state index is 0. The quantitative estimate of drug-likeness (QED) is 0.675. The molecule has 23 heavy (non-hydrogen) atoms. The van der Waals surface area contributed by atoms with E-state index in [0.29, 0.717) is 0 Å². The number of nitrogens with two attached hydrogens (primary N) is 1. The second-order valence-corrected chi connectivity index (χ2v) is 6.76. The molecule has 1 atom stereocenters. The maximum absolute atomic E-state index is 11.9. The van der Waals surface area contributed by atoms with E-state index in [2.05, 4.69) is 22.0 Å². The Bertz CT molecular complexity index is 306. The van der Waals surface area contributed by atoms with Crippen molar-refractivity contribution in [1.29, 1.82) is 0 Å². The third kappa shape index (κ3) is 10.6. The molecule has 1 heterocycles. The lowest BCUT2D eigenvalue weighted by Gasteiger charge is -2.34. The van der Waals surface area contributed by atoms with E-state index in [-0.39, 0.29) is 48.5 Å². The number of nitrogens with one attached hydrogen (secondary N) is 1. The molecule has 1 aliphatic heterocycles. The summed E-state index contributed by atoms with van der Waals surface area (Å²) in [6, 6.07) is -0.435. The number of likely N-dealkylation sites (N-methyl/N-ethyl adjacent to an activating group) is 1. The molecular formula is C15H35Cl3N4O. The molecule has 0 aliphatic carbocycles. The summed E-state index contributed by atoms with van der Waals surface area (Å²) in [5.74, 6) is -0.0340. The Morgan fingerprint density at radius 1 is 1.09 bits per heavy atom. The summed E-state index contributed by atoms with van der Waals surface area (Å²) in [6.45, 7) is 15.7. The van der Waals surface area contributed by atoms with Gasteiger partial charge in [0.05, 0.1) is 6.04 Å². The van der Waals surface area contributed by atoms with E-state index < -0.39 is 6.04 Å². The minimum Gasteiger partial charge on any atom is -0.355 e. The van der Waals surface area contributed by atoms with Crippen molar-refractivity contribution >= 4 is 43.1 Å². The standard InChI is InChI=1S/C15H32N4O.3ClH/c1-5-18-9-11-19(12-10-18)8-6-7-17-14(20)13(16)15(2,3)4;;;/h13H,5-12,16H2,1-4H3,(H,17,20);3*1H/t13-;;;/m1.../s1. The molecule has 142 valence electrons. The Labute approximate surface area is 160 Å². The number of hydrogen-bond donors (Lipinski definition) is 2. The average molecular weight is 394 g/mol. The van der Waals surface area contributed by atoms with E-state index in [1.165, 1.54) is 0 Å². The molecule has 0 saturated carbocycles. The Morgan fingerprint density at radius 3 is 2.00 bits per heavy atom. The number of amides is 1. The summed E-state index contributed by atoms with van der Waals surface area (Å²) in [5.41, 5.74) is 5.74. The molecule has 1 saturated heterocycles. The fraction of sp³-hybridized carbons (Fsp3) is 0.933. The van der Waals surface area contributed by atoms with Gasteiger partial charge >= 0.3 is 0 Å². The second kappa shape index (κ2) is 13.5. The fourth-order valence-electron chi connectivity index (χ4n) is 2.35. The molecular weight excluding hydrogens is 359 g/mol. The SMILES string of the molecule is CCN1CCN(CCCNC(=O)[C@@H](N)C(C)(C)C)CC1.Cl.Cl.Cl. The van der Waals surface area contributed by atoms with Gasteiger partial charge in [-0.05, 0) is 24.9 Å². The first-order valence-corrected chi connectivity index (χ1v) is 7.82. The summed E-state index contributed by atoms with van der Waals surface area (Å²) in [5, 5.41) is 2.95. The maximum atomic E-state index is 11.9. The largest absolute Gasteiger partial charge is 0.355 e. The van der Waals surface area contributed by atoms with Gasteiger partial charge in [0.15, 0.2) is 0 Å². The number of piperazine rings is 1. The molecule has 1 fully saturated rings. The van der Waals surface area contributed by atoms with Crippen LogP contribution in [0, 0.1) is 5.41 Å². The van der Waals surface area contributed by atoms with Crippen molar-refractivity contribution in [2.75, 3.05) is 45.8 Å². The summed E-state index contributed by atoms with van der Waals surface area (Å²) in [4.78, 5) is 16.8. The third-order valence-corrected chi connectivity index (χ3v) is 4.08. The van der Waals surface area contributed by atoms with Crippen LogP contribution in [-0.2, 0) is 4.79 Å². The van der Waals surface area contributed by atoms with Crippen molar-refractivity contribution in [1.82, 2.24) is 15.1 Å². The van der Waals surface area contributed by atoms with Gasteiger partial charge in [0.2, 0.25) is 5.91 Å². The molecule has 0 spiro atoms. The van der Waals surface area contributed by atoms with Crippen LogP contribution in [0.4, 0.5) is 0 Å². The first kappa shape index (κ1) is 28.0. The molecule has 1 amide bonds. The van der Waals surface area contributed by atoms with Gasteiger partial charge in [-0.25, -0.2) is 0 Å². The summed E-state index contributed by atoms with van der Waals surface area (Å²) in [6.07, 6.45) is 0.995. The molecule has 0 radical (unpaired) electrons. The molecule has 0 aromatic heterocycles. The van der Waals surface area contributed by atoms with Crippen molar-refractivity contribution in [2.24, 2.45) is 11.1 Å². The van der Waals surface area contributed by atoms with Crippen molar-refractivity contribution in [2.45, 2.75) is 40.2 Å². The molecule has 5 nitrogen and oxygen atoms in total. The van der Waals surface area contributed by atoms with Crippen LogP contribution < -0.4 is 11.1 Å². The zero-order chi connectivity index (χ0) is 15.2. The lowest BCUT2D eigenvalue weighted by molar-refractivity contribution is -0.124. The number of carbonyl (C=O) groups is 1. The van der Waals surface area contributed by atoms with Crippen LogP contribution in [0.25, 0.3) is 0 Å². The molecule has 0 aromatic rings. The first-order valence-electron chi connectivity index (χ1n) is 7.82. The Hall–Kier alpha value is 0.220. The van der Waals surface area contributed by atoms with Crippen LogP contribution >= 0.6 is 37.2 Å². The van der Waals surface area contributed by atoms with Crippen LogP contribution in [0.2, 0.25) is 0 Å². The highest BCUT2D eigenvalue weighted by Crippen LogP contribution is 2.17. The van der Waals surface area contributed by atoms with Crippen molar-refractivity contribution < 1.29 is 4.79 Å². The Morgan fingerprint density at radius 2 is 1.57 bits per heavy atom. The highest BCUT2D eigenvalue weighted by Gasteiger charge is 2.27. The lowest BCUT2D eigenvalue weighted by Crippen LogP contribution is -2.49. The van der Waals surface area contributed by atoms with Gasteiger partial charge in [0.1, 0.15) is 0 Å². The van der Waals surface area contributed by atoms with Crippen LogP contribution in [-0.4, -0.2) is 67.6 Å². The van der Waals surface area contributed by atoms with E-state index in [4.69, 9.17) is 5.73 Å². The minimum atomic E-state index is -0.435. The van der Waals surface area contributed by atoms with E-state index in [1.54, 1.807) is 0 Å².